The van der Waals surface area contributed by atoms with E-state index in [1.165, 1.54) is 12.3 Å². The fourth-order valence-corrected chi connectivity index (χ4v) is 1.61. The van der Waals surface area contributed by atoms with Crippen molar-refractivity contribution in [2.75, 3.05) is 6.61 Å². The molecule has 0 aliphatic heterocycles. The molecule has 0 spiro atoms. The smallest absolute Gasteiger partial charge is 0.196 e. The van der Waals surface area contributed by atoms with Crippen LogP contribution in [0.3, 0.4) is 0 Å². The van der Waals surface area contributed by atoms with Crippen molar-refractivity contribution in [2.45, 2.75) is 6.92 Å². The van der Waals surface area contributed by atoms with Crippen molar-refractivity contribution in [1.82, 2.24) is 4.98 Å². The summed E-state index contributed by atoms with van der Waals surface area (Å²) in [5, 5.41) is 0. The highest BCUT2D eigenvalue weighted by Gasteiger charge is 2.14. The van der Waals surface area contributed by atoms with Crippen LogP contribution in [-0.2, 0) is 0 Å². The first-order chi connectivity index (χ1) is 8.72. The van der Waals surface area contributed by atoms with Crippen molar-refractivity contribution < 1.29 is 13.9 Å². The third kappa shape index (κ3) is 2.53. The first kappa shape index (κ1) is 12.2. The maximum Gasteiger partial charge on any atom is 0.196 e. The second kappa shape index (κ2) is 5.40. The molecule has 2 rings (SSSR count). The van der Waals surface area contributed by atoms with Crippen LogP contribution in [0.5, 0.6) is 5.75 Å². The van der Waals surface area contributed by atoms with Gasteiger partial charge in [-0.1, -0.05) is 12.1 Å². The van der Waals surface area contributed by atoms with Crippen molar-refractivity contribution in [3.05, 3.63) is 59.7 Å². The molecule has 3 nitrogen and oxygen atoms in total. The van der Waals surface area contributed by atoms with Crippen LogP contribution in [-0.4, -0.2) is 17.4 Å². The first-order valence-electron chi connectivity index (χ1n) is 5.59. The maximum atomic E-state index is 13.5. The normalized spacial score (nSPS) is 10.1. The number of ketones is 1. The number of ether oxygens (including phenoxy) is 1. The molecule has 0 N–H and O–H groups in total. The van der Waals surface area contributed by atoms with Crippen molar-refractivity contribution in [2.24, 2.45) is 0 Å². The summed E-state index contributed by atoms with van der Waals surface area (Å²) >= 11 is 0. The predicted molar refractivity (Wildman–Crippen MR) is 65.2 cm³/mol. The minimum atomic E-state index is -0.621. The number of carbonyl (C=O) groups is 1. The van der Waals surface area contributed by atoms with Gasteiger partial charge in [-0.3, -0.25) is 9.78 Å². The van der Waals surface area contributed by atoms with Crippen LogP contribution in [0, 0.1) is 5.82 Å². The summed E-state index contributed by atoms with van der Waals surface area (Å²) in [5.74, 6) is -0.404. The Balaban J connectivity index is 2.34. The van der Waals surface area contributed by atoms with E-state index in [1.807, 2.05) is 6.92 Å². The summed E-state index contributed by atoms with van der Waals surface area (Å²) < 4.78 is 18.8. The molecule has 0 aliphatic carbocycles. The summed E-state index contributed by atoms with van der Waals surface area (Å²) in [6.07, 6.45) is 2.42. The highest BCUT2D eigenvalue weighted by Crippen LogP contribution is 2.17. The summed E-state index contributed by atoms with van der Waals surface area (Å²) in [6.45, 7) is 2.37. The molecule has 1 aromatic heterocycles. The van der Waals surface area contributed by atoms with Crippen molar-refractivity contribution in [3.63, 3.8) is 0 Å². The van der Waals surface area contributed by atoms with E-state index in [0.717, 1.165) is 6.20 Å². The molecule has 0 saturated carbocycles. The van der Waals surface area contributed by atoms with Gasteiger partial charge in [0.25, 0.3) is 0 Å². The Morgan fingerprint density at radius 2 is 2.22 bits per heavy atom. The lowest BCUT2D eigenvalue weighted by molar-refractivity contribution is 0.103. The predicted octanol–water partition coefficient (Wildman–Crippen LogP) is 2.85. The molecule has 0 radical (unpaired) electrons. The van der Waals surface area contributed by atoms with E-state index >= 15 is 0 Å². The zero-order chi connectivity index (χ0) is 13.0. The Kier molecular flexibility index (Phi) is 3.67. The number of hydrogen-bond donors (Lipinski definition) is 0. The molecular formula is C14H12FNO2. The van der Waals surface area contributed by atoms with Gasteiger partial charge in [0.2, 0.25) is 0 Å². The average molecular weight is 245 g/mol. The number of aromatic nitrogens is 1. The summed E-state index contributed by atoms with van der Waals surface area (Å²) in [6, 6.07) is 8.06. The van der Waals surface area contributed by atoms with E-state index in [9.17, 15) is 9.18 Å². The van der Waals surface area contributed by atoms with Gasteiger partial charge in [-0.25, -0.2) is 4.39 Å². The highest BCUT2D eigenvalue weighted by atomic mass is 19.1. The maximum absolute atomic E-state index is 13.5. The van der Waals surface area contributed by atoms with Crippen molar-refractivity contribution in [3.8, 4) is 5.75 Å². The van der Waals surface area contributed by atoms with Gasteiger partial charge in [0.1, 0.15) is 5.75 Å². The van der Waals surface area contributed by atoms with E-state index in [1.54, 1.807) is 24.3 Å². The summed E-state index contributed by atoms with van der Waals surface area (Å²) in [7, 11) is 0. The molecule has 0 unspecified atom stereocenters. The van der Waals surface area contributed by atoms with E-state index < -0.39 is 5.82 Å². The van der Waals surface area contributed by atoms with Crippen LogP contribution in [0.2, 0.25) is 0 Å². The SMILES string of the molecule is CCOc1cccc(C(=O)c2ccncc2F)c1. The van der Waals surface area contributed by atoms with Crippen LogP contribution >= 0.6 is 0 Å². The van der Waals surface area contributed by atoms with Gasteiger partial charge < -0.3 is 4.74 Å². The Bertz CT molecular complexity index is 569. The Morgan fingerprint density at radius 1 is 1.39 bits per heavy atom. The first-order valence-corrected chi connectivity index (χ1v) is 5.59. The zero-order valence-electron chi connectivity index (χ0n) is 9.89. The number of benzene rings is 1. The second-order valence-electron chi connectivity index (χ2n) is 3.65. The number of pyridine rings is 1. The molecule has 2 aromatic rings. The third-order valence-electron chi connectivity index (χ3n) is 2.42. The lowest BCUT2D eigenvalue weighted by Gasteiger charge is -2.06. The van der Waals surface area contributed by atoms with Crippen LogP contribution in [0.4, 0.5) is 4.39 Å². The van der Waals surface area contributed by atoms with E-state index in [2.05, 4.69) is 4.98 Å². The topological polar surface area (TPSA) is 39.2 Å². The quantitative estimate of drug-likeness (QED) is 0.777. The Labute approximate surface area is 104 Å². The minimum Gasteiger partial charge on any atom is -0.494 e. The molecule has 0 saturated heterocycles. The minimum absolute atomic E-state index is 0.0126. The van der Waals surface area contributed by atoms with Gasteiger partial charge in [-0.05, 0) is 25.1 Å². The fourth-order valence-electron chi connectivity index (χ4n) is 1.61. The molecule has 0 atom stereocenters. The molecular weight excluding hydrogens is 233 g/mol. The highest BCUT2D eigenvalue weighted by molar-refractivity contribution is 6.09. The molecule has 4 heteroatoms. The molecule has 0 bridgehead atoms. The Morgan fingerprint density at radius 3 is 2.94 bits per heavy atom. The fraction of sp³-hybridized carbons (Fsp3) is 0.143. The lowest BCUT2D eigenvalue weighted by Crippen LogP contribution is -2.05. The largest absolute Gasteiger partial charge is 0.494 e. The monoisotopic (exact) mass is 245 g/mol. The zero-order valence-corrected chi connectivity index (χ0v) is 9.89. The Hall–Kier alpha value is -2.23. The molecule has 1 aromatic carbocycles. The molecule has 92 valence electrons. The van der Waals surface area contributed by atoms with Crippen LogP contribution in [0.25, 0.3) is 0 Å². The van der Waals surface area contributed by atoms with Gasteiger partial charge >= 0.3 is 0 Å². The number of carbonyl (C=O) groups excluding carboxylic acids is 1. The third-order valence-corrected chi connectivity index (χ3v) is 2.42. The van der Waals surface area contributed by atoms with Gasteiger partial charge in [0.15, 0.2) is 11.6 Å². The van der Waals surface area contributed by atoms with Crippen LogP contribution in [0.15, 0.2) is 42.7 Å². The number of rotatable bonds is 4. The van der Waals surface area contributed by atoms with Crippen LogP contribution < -0.4 is 4.74 Å². The standard InChI is InChI=1S/C14H12FNO2/c1-2-18-11-5-3-4-10(8-11)14(17)12-6-7-16-9-13(12)15/h3-9H,2H2,1H3. The number of halogens is 1. The number of hydrogen-bond acceptors (Lipinski definition) is 3. The van der Waals surface area contributed by atoms with Crippen LogP contribution in [0.1, 0.15) is 22.8 Å². The van der Waals surface area contributed by atoms with Gasteiger partial charge in [-0.2, -0.15) is 0 Å². The number of nitrogens with zero attached hydrogens (tertiary/aromatic N) is 1. The summed E-state index contributed by atoms with van der Waals surface area (Å²) in [4.78, 5) is 15.7. The van der Waals surface area contributed by atoms with Gasteiger partial charge in [0, 0.05) is 11.8 Å². The molecule has 0 aliphatic rings. The van der Waals surface area contributed by atoms with E-state index in [0.29, 0.717) is 17.9 Å². The molecule has 18 heavy (non-hydrogen) atoms. The van der Waals surface area contributed by atoms with Crippen molar-refractivity contribution in [1.29, 1.82) is 0 Å². The van der Waals surface area contributed by atoms with E-state index in [4.69, 9.17) is 4.74 Å². The molecule has 0 fully saturated rings. The van der Waals surface area contributed by atoms with Gasteiger partial charge in [0.05, 0.1) is 18.4 Å². The van der Waals surface area contributed by atoms with E-state index in [-0.39, 0.29) is 11.3 Å². The molecule has 1 heterocycles. The second-order valence-corrected chi connectivity index (χ2v) is 3.65. The lowest BCUT2D eigenvalue weighted by atomic mass is 10.0. The van der Waals surface area contributed by atoms with Crippen molar-refractivity contribution >= 4 is 5.78 Å². The average Bonchev–Trinajstić information content (AvgIpc) is 2.39. The van der Waals surface area contributed by atoms with Gasteiger partial charge in [-0.15, -0.1) is 0 Å². The summed E-state index contributed by atoms with van der Waals surface area (Å²) in [5.41, 5.74) is 0.407. The molecule has 0 amide bonds.